The van der Waals surface area contributed by atoms with Gasteiger partial charge in [0, 0.05) is 18.4 Å². The van der Waals surface area contributed by atoms with Gasteiger partial charge in [-0.1, -0.05) is 24.3 Å². The third-order valence-corrected chi connectivity index (χ3v) is 3.16. The van der Waals surface area contributed by atoms with Crippen molar-refractivity contribution in [3.8, 4) is 0 Å². The lowest BCUT2D eigenvalue weighted by molar-refractivity contribution is -0.136. The standard InChI is InChI=1S/C15H18N2O3/c1-11(2)17-8-7-16(15(17)20)10-13-5-3-12(4-6-13)9-14(18)19/h3-8,11H,9-10H2,1-2H3,(H,18,19). The maximum Gasteiger partial charge on any atom is 0.328 e. The van der Waals surface area contributed by atoms with Gasteiger partial charge in [-0.3, -0.25) is 13.9 Å². The lowest BCUT2D eigenvalue weighted by Crippen LogP contribution is -2.25. The molecule has 1 aromatic carbocycles. The third-order valence-electron chi connectivity index (χ3n) is 3.16. The fourth-order valence-electron chi connectivity index (χ4n) is 2.08. The Kier molecular flexibility index (Phi) is 4.08. The van der Waals surface area contributed by atoms with E-state index in [0.717, 1.165) is 11.1 Å². The first kappa shape index (κ1) is 14.1. The highest BCUT2D eigenvalue weighted by molar-refractivity contribution is 5.70. The smallest absolute Gasteiger partial charge is 0.328 e. The van der Waals surface area contributed by atoms with Crippen LogP contribution in [-0.2, 0) is 17.8 Å². The minimum absolute atomic E-state index is 0.0178. The number of aromatic nitrogens is 2. The Morgan fingerprint density at radius 2 is 1.75 bits per heavy atom. The molecule has 0 unspecified atom stereocenters. The summed E-state index contributed by atoms with van der Waals surface area (Å²) < 4.78 is 3.32. The van der Waals surface area contributed by atoms with Crippen LogP contribution in [0.25, 0.3) is 0 Å². The molecular formula is C15H18N2O3. The Bertz CT molecular complexity index is 651. The van der Waals surface area contributed by atoms with Gasteiger partial charge in [0.25, 0.3) is 0 Å². The molecule has 0 bridgehead atoms. The monoisotopic (exact) mass is 274 g/mol. The van der Waals surface area contributed by atoms with E-state index in [0.29, 0.717) is 6.54 Å². The first-order chi connectivity index (χ1) is 9.47. The summed E-state index contributed by atoms with van der Waals surface area (Å²) >= 11 is 0. The molecule has 20 heavy (non-hydrogen) atoms. The summed E-state index contributed by atoms with van der Waals surface area (Å²) in [5.74, 6) is -0.844. The van der Waals surface area contributed by atoms with Gasteiger partial charge >= 0.3 is 11.7 Å². The highest BCUT2D eigenvalue weighted by atomic mass is 16.4. The van der Waals surface area contributed by atoms with Gasteiger partial charge in [0.2, 0.25) is 0 Å². The van der Waals surface area contributed by atoms with Crippen molar-refractivity contribution in [2.45, 2.75) is 32.9 Å². The van der Waals surface area contributed by atoms with Crippen molar-refractivity contribution >= 4 is 5.97 Å². The van der Waals surface area contributed by atoms with Crippen LogP contribution in [0.2, 0.25) is 0 Å². The van der Waals surface area contributed by atoms with Crippen LogP contribution in [0.5, 0.6) is 0 Å². The Morgan fingerprint density at radius 3 is 2.25 bits per heavy atom. The molecule has 0 saturated carbocycles. The molecule has 2 rings (SSSR count). The number of rotatable bonds is 5. The molecule has 106 valence electrons. The third kappa shape index (κ3) is 3.17. The normalized spacial score (nSPS) is 10.9. The van der Waals surface area contributed by atoms with E-state index < -0.39 is 5.97 Å². The molecule has 0 aliphatic rings. The number of benzene rings is 1. The molecule has 0 aliphatic heterocycles. The van der Waals surface area contributed by atoms with Gasteiger partial charge in [0.05, 0.1) is 13.0 Å². The van der Waals surface area contributed by atoms with Crippen LogP contribution in [0.15, 0.2) is 41.5 Å². The van der Waals surface area contributed by atoms with Gasteiger partial charge < -0.3 is 5.11 Å². The second-order valence-corrected chi connectivity index (χ2v) is 5.10. The highest BCUT2D eigenvalue weighted by Gasteiger charge is 2.07. The van der Waals surface area contributed by atoms with Gasteiger partial charge in [-0.15, -0.1) is 0 Å². The van der Waals surface area contributed by atoms with E-state index in [-0.39, 0.29) is 18.2 Å². The van der Waals surface area contributed by atoms with Crippen LogP contribution in [0.3, 0.4) is 0 Å². The predicted octanol–water partition coefficient (Wildman–Crippen LogP) is 1.91. The maximum atomic E-state index is 12.1. The zero-order valence-corrected chi connectivity index (χ0v) is 11.6. The average molecular weight is 274 g/mol. The Balaban J connectivity index is 2.14. The number of aliphatic carboxylic acids is 1. The molecule has 0 fully saturated rings. The summed E-state index contributed by atoms with van der Waals surface area (Å²) in [6, 6.07) is 7.43. The zero-order chi connectivity index (χ0) is 14.7. The van der Waals surface area contributed by atoms with Gasteiger partial charge in [0.15, 0.2) is 0 Å². The number of carboxylic acid groups (broad SMARTS) is 1. The molecule has 5 heteroatoms. The average Bonchev–Trinajstić information content (AvgIpc) is 2.73. The van der Waals surface area contributed by atoms with E-state index >= 15 is 0 Å². The van der Waals surface area contributed by atoms with Crippen molar-refractivity contribution in [3.63, 3.8) is 0 Å². The molecule has 1 heterocycles. The molecule has 0 amide bonds. The molecule has 0 aliphatic carbocycles. The second-order valence-electron chi connectivity index (χ2n) is 5.10. The summed E-state index contributed by atoms with van der Waals surface area (Å²) in [4.78, 5) is 22.7. The Hall–Kier alpha value is -2.30. The van der Waals surface area contributed by atoms with Crippen LogP contribution >= 0.6 is 0 Å². The number of hydrogen-bond donors (Lipinski definition) is 1. The van der Waals surface area contributed by atoms with Crippen LogP contribution in [0, 0.1) is 0 Å². The number of hydrogen-bond acceptors (Lipinski definition) is 2. The molecule has 1 aromatic heterocycles. The van der Waals surface area contributed by atoms with Gasteiger partial charge in [-0.2, -0.15) is 0 Å². The fourth-order valence-corrected chi connectivity index (χ4v) is 2.08. The largest absolute Gasteiger partial charge is 0.481 e. The maximum absolute atomic E-state index is 12.1. The van der Waals surface area contributed by atoms with E-state index in [4.69, 9.17) is 5.11 Å². The van der Waals surface area contributed by atoms with Crippen molar-refractivity contribution < 1.29 is 9.90 Å². The highest BCUT2D eigenvalue weighted by Crippen LogP contribution is 2.07. The van der Waals surface area contributed by atoms with Crippen molar-refractivity contribution in [1.29, 1.82) is 0 Å². The lowest BCUT2D eigenvalue weighted by Gasteiger charge is -2.06. The van der Waals surface area contributed by atoms with Crippen molar-refractivity contribution in [3.05, 3.63) is 58.3 Å². The molecule has 0 atom stereocenters. The molecule has 0 radical (unpaired) electrons. The van der Waals surface area contributed by atoms with Crippen molar-refractivity contribution in [2.24, 2.45) is 0 Å². The van der Waals surface area contributed by atoms with E-state index in [9.17, 15) is 9.59 Å². The molecule has 2 aromatic rings. The first-order valence-corrected chi connectivity index (χ1v) is 6.54. The number of nitrogens with zero attached hydrogens (tertiary/aromatic N) is 2. The number of carbonyl (C=O) groups is 1. The van der Waals surface area contributed by atoms with E-state index in [1.807, 2.05) is 26.0 Å². The van der Waals surface area contributed by atoms with Crippen molar-refractivity contribution in [2.75, 3.05) is 0 Å². The zero-order valence-electron chi connectivity index (χ0n) is 11.6. The van der Waals surface area contributed by atoms with E-state index in [2.05, 4.69) is 0 Å². The molecule has 0 saturated heterocycles. The minimum atomic E-state index is -0.844. The summed E-state index contributed by atoms with van der Waals surface area (Å²) in [5, 5.41) is 8.71. The molecule has 0 spiro atoms. The van der Waals surface area contributed by atoms with E-state index in [1.165, 1.54) is 0 Å². The second kappa shape index (κ2) is 5.77. The lowest BCUT2D eigenvalue weighted by atomic mass is 10.1. The first-order valence-electron chi connectivity index (χ1n) is 6.54. The Morgan fingerprint density at radius 1 is 1.15 bits per heavy atom. The van der Waals surface area contributed by atoms with Crippen LogP contribution < -0.4 is 5.69 Å². The van der Waals surface area contributed by atoms with Gasteiger partial charge in [0.1, 0.15) is 0 Å². The fraction of sp³-hybridized carbons (Fsp3) is 0.333. The van der Waals surface area contributed by atoms with Crippen LogP contribution in [0.4, 0.5) is 0 Å². The quantitative estimate of drug-likeness (QED) is 0.905. The molecular weight excluding hydrogens is 256 g/mol. The summed E-state index contributed by atoms with van der Waals surface area (Å²) in [5.41, 5.74) is 1.70. The van der Waals surface area contributed by atoms with Crippen molar-refractivity contribution in [1.82, 2.24) is 9.13 Å². The molecule has 5 nitrogen and oxygen atoms in total. The predicted molar refractivity (Wildman–Crippen MR) is 76.0 cm³/mol. The van der Waals surface area contributed by atoms with Gasteiger partial charge in [-0.05, 0) is 25.0 Å². The Labute approximate surface area is 117 Å². The SMILES string of the molecule is CC(C)n1ccn(Cc2ccc(CC(=O)O)cc2)c1=O. The van der Waals surface area contributed by atoms with Crippen LogP contribution in [-0.4, -0.2) is 20.2 Å². The van der Waals surface area contributed by atoms with E-state index in [1.54, 1.807) is 33.7 Å². The number of imidazole rings is 1. The van der Waals surface area contributed by atoms with Crippen LogP contribution in [0.1, 0.15) is 31.0 Å². The number of carboxylic acids is 1. The topological polar surface area (TPSA) is 64.2 Å². The summed E-state index contributed by atoms with van der Waals surface area (Å²) in [7, 11) is 0. The molecule has 1 N–H and O–H groups in total. The van der Waals surface area contributed by atoms with Gasteiger partial charge in [-0.25, -0.2) is 4.79 Å². The summed E-state index contributed by atoms with van der Waals surface area (Å²) in [6.07, 6.45) is 3.57. The summed E-state index contributed by atoms with van der Waals surface area (Å²) in [6.45, 7) is 4.42. The minimum Gasteiger partial charge on any atom is -0.481 e.